The Balaban J connectivity index is 1.39. The van der Waals surface area contributed by atoms with Crippen LogP contribution in [-0.4, -0.2) is 45.2 Å². The molecule has 0 radical (unpaired) electrons. The van der Waals surface area contributed by atoms with E-state index in [1.165, 1.54) is 17.0 Å². The number of hydrogen-bond donors (Lipinski definition) is 0. The molecule has 5 rings (SSSR count). The molecule has 0 aliphatic carbocycles. The molecule has 34 heavy (non-hydrogen) atoms. The lowest BCUT2D eigenvalue weighted by atomic mass is 10.0. The van der Waals surface area contributed by atoms with E-state index >= 15 is 0 Å². The molecule has 4 aromatic rings. The Kier molecular flexibility index (Phi) is 5.98. The highest BCUT2D eigenvalue weighted by Gasteiger charge is 2.26. The number of aryl methyl sites for hydroxylation is 1. The molecule has 0 spiro atoms. The van der Waals surface area contributed by atoms with Crippen molar-refractivity contribution in [3.8, 4) is 11.4 Å². The molecule has 0 fully saturated rings. The third-order valence-electron chi connectivity index (χ3n) is 5.50. The Bertz CT molecular complexity index is 1330. The van der Waals surface area contributed by atoms with Crippen molar-refractivity contribution in [2.45, 2.75) is 12.8 Å². The average molecular weight is 455 g/mol. The zero-order valence-electron chi connectivity index (χ0n) is 18.2. The maximum atomic E-state index is 13.2. The molecule has 1 amide bonds. The van der Waals surface area contributed by atoms with Crippen LogP contribution in [0.25, 0.3) is 23.2 Å². The summed E-state index contributed by atoms with van der Waals surface area (Å²) in [5, 5.41) is 11.8. The first-order chi connectivity index (χ1) is 16.7. The number of fused-ring (bicyclic) bond motifs is 1. The van der Waals surface area contributed by atoms with E-state index in [1.807, 2.05) is 54.6 Å². The van der Waals surface area contributed by atoms with Crippen LogP contribution in [0.5, 0.6) is 0 Å². The Morgan fingerprint density at radius 3 is 2.68 bits per heavy atom. The highest BCUT2D eigenvalue weighted by Crippen LogP contribution is 2.27. The number of ether oxygens (including phenoxy) is 1. The van der Waals surface area contributed by atoms with Gasteiger partial charge in [0.15, 0.2) is 18.1 Å². The summed E-state index contributed by atoms with van der Waals surface area (Å²) in [7, 11) is 0. The second-order valence-electron chi connectivity index (χ2n) is 7.68. The zero-order chi connectivity index (χ0) is 23.3. The van der Waals surface area contributed by atoms with Crippen molar-refractivity contribution in [2.24, 2.45) is 0 Å². The monoisotopic (exact) mass is 455 g/mol. The number of carbonyl (C=O) groups is 2. The maximum absolute atomic E-state index is 13.2. The topological polar surface area (TPSA) is 103 Å². The number of furan rings is 1. The minimum Gasteiger partial charge on any atom is -0.465 e. The van der Waals surface area contributed by atoms with Crippen molar-refractivity contribution in [1.82, 2.24) is 20.2 Å². The van der Waals surface area contributed by atoms with Gasteiger partial charge >= 0.3 is 5.97 Å². The zero-order valence-corrected chi connectivity index (χ0v) is 18.2. The number of rotatable bonds is 6. The third kappa shape index (κ3) is 4.36. The molecule has 2 aromatic carbocycles. The van der Waals surface area contributed by atoms with Gasteiger partial charge in [-0.15, -0.1) is 5.10 Å². The standard InChI is InChI=1S/C25H21N5O4/c31-23(29-14-6-11-18-8-4-5-13-21(18)29)17-34-25(32)22(16-20-12-7-15-33-20)30-24(26-27-28-30)19-9-2-1-3-10-19/h1-5,7-10,12-13,15-16H,6,11,14,17H2/b22-16-. The fourth-order valence-corrected chi connectivity index (χ4v) is 3.90. The number of hydrogen-bond acceptors (Lipinski definition) is 7. The average Bonchev–Trinajstić information content (AvgIpc) is 3.58. The van der Waals surface area contributed by atoms with E-state index in [2.05, 4.69) is 15.5 Å². The van der Waals surface area contributed by atoms with Crippen molar-refractivity contribution < 1.29 is 18.7 Å². The van der Waals surface area contributed by atoms with Gasteiger partial charge in [0.05, 0.1) is 6.26 Å². The first-order valence-corrected chi connectivity index (χ1v) is 10.9. The summed E-state index contributed by atoms with van der Waals surface area (Å²) in [6, 6.07) is 20.4. The van der Waals surface area contributed by atoms with Gasteiger partial charge in [-0.1, -0.05) is 48.5 Å². The Hall–Kier alpha value is -4.53. The molecule has 170 valence electrons. The predicted octanol–water partition coefficient (Wildman–Crippen LogP) is 3.45. The van der Waals surface area contributed by atoms with Gasteiger partial charge in [0.1, 0.15) is 5.76 Å². The minimum absolute atomic E-state index is 0.0191. The van der Waals surface area contributed by atoms with Gasteiger partial charge in [-0.2, -0.15) is 4.68 Å². The van der Waals surface area contributed by atoms with Gasteiger partial charge in [-0.05, 0) is 47.0 Å². The van der Waals surface area contributed by atoms with Crippen molar-refractivity contribution in [1.29, 1.82) is 0 Å². The van der Waals surface area contributed by atoms with Crippen molar-refractivity contribution in [2.75, 3.05) is 18.1 Å². The predicted molar refractivity (Wildman–Crippen MR) is 124 cm³/mol. The highest BCUT2D eigenvalue weighted by atomic mass is 16.5. The van der Waals surface area contributed by atoms with Crippen LogP contribution in [0.3, 0.4) is 0 Å². The highest BCUT2D eigenvalue weighted by molar-refractivity contribution is 6.16. The lowest BCUT2D eigenvalue weighted by Gasteiger charge is -2.29. The summed E-state index contributed by atoms with van der Waals surface area (Å²) in [5.74, 6) is -0.276. The van der Waals surface area contributed by atoms with Crippen LogP contribution in [-0.2, 0) is 20.7 Å². The molecule has 0 unspecified atom stereocenters. The first kappa shape index (κ1) is 21.3. The van der Waals surface area contributed by atoms with E-state index in [0.717, 1.165) is 24.1 Å². The molecule has 0 N–H and O–H groups in total. The van der Waals surface area contributed by atoms with E-state index in [9.17, 15) is 9.59 Å². The Morgan fingerprint density at radius 1 is 1.03 bits per heavy atom. The Labute approximate surface area is 195 Å². The van der Waals surface area contributed by atoms with Gasteiger partial charge in [0.25, 0.3) is 5.91 Å². The number of tetrazole rings is 1. The first-order valence-electron chi connectivity index (χ1n) is 10.9. The molecule has 2 aromatic heterocycles. The van der Waals surface area contributed by atoms with E-state index in [4.69, 9.17) is 9.15 Å². The quantitative estimate of drug-likeness (QED) is 0.324. The lowest BCUT2D eigenvalue weighted by molar-refractivity contribution is -0.142. The SMILES string of the molecule is O=C(OCC(=O)N1CCCc2ccccc21)/C(=C/c1ccco1)n1nnnc1-c1ccccc1. The van der Waals surface area contributed by atoms with Crippen molar-refractivity contribution in [3.05, 3.63) is 84.3 Å². The molecule has 3 heterocycles. The molecule has 0 bridgehead atoms. The number of benzene rings is 2. The van der Waals surface area contributed by atoms with Crippen LogP contribution in [0.15, 0.2) is 77.4 Å². The smallest absolute Gasteiger partial charge is 0.357 e. The molecular formula is C25H21N5O4. The largest absolute Gasteiger partial charge is 0.465 e. The maximum Gasteiger partial charge on any atom is 0.357 e. The number of para-hydroxylation sites is 1. The summed E-state index contributed by atoms with van der Waals surface area (Å²) in [6.45, 7) is 0.166. The van der Waals surface area contributed by atoms with Crippen molar-refractivity contribution in [3.63, 3.8) is 0 Å². The van der Waals surface area contributed by atoms with Crippen LogP contribution < -0.4 is 4.90 Å². The van der Waals surface area contributed by atoms with Gasteiger partial charge in [-0.25, -0.2) is 4.79 Å². The van der Waals surface area contributed by atoms with Gasteiger partial charge < -0.3 is 14.1 Å². The van der Waals surface area contributed by atoms with Gasteiger partial charge in [-0.3, -0.25) is 4.79 Å². The fraction of sp³-hybridized carbons (Fsp3) is 0.160. The van der Waals surface area contributed by atoms with Crippen molar-refractivity contribution >= 4 is 29.3 Å². The van der Waals surface area contributed by atoms with Crippen LogP contribution >= 0.6 is 0 Å². The van der Waals surface area contributed by atoms with Gasteiger partial charge in [0, 0.05) is 23.9 Å². The Morgan fingerprint density at radius 2 is 1.85 bits per heavy atom. The molecule has 0 saturated carbocycles. The number of aromatic nitrogens is 4. The van der Waals surface area contributed by atoms with E-state index in [0.29, 0.717) is 23.7 Å². The number of carbonyl (C=O) groups excluding carboxylic acids is 2. The molecular weight excluding hydrogens is 434 g/mol. The lowest BCUT2D eigenvalue weighted by Crippen LogP contribution is -2.38. The third-order valence-corrected chi connectivity index (χ3v) is 5.50. The summed E-state index contributed by atoms with van der Waals surface area (Å²) < 4.78 is 12.1. The van der Waals surface area contributed by atoms with E-state index < -0.39 is 12.6 Å². The molecule has 0 atom stereocenters. The number of anilines is 1. The molecule has 0 saturated heterocycles. The van der Waals surface area contributed by atoms with Crippen LogP contribution in [0.1, 0.15) is 17.7 Å². The normalized spacial score (nSPS) is 13.4. The number of amides is 1. The second kappa shape index (κ2) is 9.53. The molecule has 1 aliphatic rings. The fourth-order valence-electron chi connectivity index (χ4n) is 3.90. The summed E-state index contributed by atoms with van der Waals surface area (Å²) in [5.41, 5.74) is 2.69. The molecule has 9 heteroatoms. The van der Waals surface area contributed by atoms with Crippen LogP contribution in [0, 0.1) is 0 Å². The second-order valence-corrected chi connectivity index (χ2v) is 7.68. The summed E-state index contributed by atoms with van der Waals surface area (Å²) in [4.78, 5) is 27.8. The number of nitrogens with zero attached hydrogens (tertiary/aromatic N) is 5. The van der Waals surface area contributed by atoms with Gasteiger partial charge in [0.2, 0.25) is 0 Å². The summed E-state index contributed by atoms with van der Waals surface area (Å²) in [6.07, 6.45) is 4.73. The van der Waals surface area contributed by atoms with E-state index in [-0.39, 0.29) is 11.6 Å². The molecule has 1 aliphatic heterocycles. The molecule has 9 nitrogen and oxygen atoms in total. The van der Waals surface area contributed by atoms with E-state index in [1.54, 1.807) is 17.0 Å². The van der Waals surface area contributed by atoms with Crippen LogP contribution in [0.2, 0.25) is 0 Å². The minimum atomic E-state index is -0.750. The van der Waals surface area contributed by atoms with Crippen LogP contribution in [0.4, 0.5) is 5.69 Å². The summed E-state index contributed by atoms with van der Waals surface area (Å²) >= 11 is 0. The number of esters is 1.